The van der Waals surface area contributed by atoms with E-state index in [4.69, 9.17) is 5.11 Å². The van der Waals surface area contributed by atoms with Crippen molar-refractivity contribution in [2.24, 2.45) is 0 Å². The molecule has 0 aliphatic rings. The Morgan fingerprint density at radius 2 is 1.96 bits per heavy atom. The molecule has 0 amide bonds. The molecule has 0 saturated heterocycles. The van der Waals surface area contributed by atoms with Gasteiger partial charge < -0.3 is 5.11 Å². The number of nitrogens with zero attached hydrogens (tertiary/aromatic N) is 1. The van der Waals surface area contributed by atoms with Gasteiger partial charge in [0.15, 0.2) is 0 Å². The molecule has 2 rings (SSSR count). The number of aryl methyl sites for hydroxylation is 1. The van der Waals surface area contributed by atoms with E-state index in [2.05, 4.69) is 4.98 Å². The predicted molar refractivity (Wildman–Crippen MR) is 77.5 cm³/mol. The summed E-state index contributed by atoms with van der Waals surface area (Å²) < 4.78 is 50.3. The summed E-state index contributed by atoms with van der Waals surface area (Å²) in [4.78, 5) is 14.9. The van der Waals surface area contributed by atoms with Gasteiger partial charge in [-0.25, -0.2) is 9.78 Å². The Bertz CT molecular complexity index is 775. The van der Waals surface area contributed by atoms with Crippen LogP contribution >= 0.6 is 0 Å². The smallest absolute Gasteiger partial charge is 0.416 e. The third-order valence-corrected chi connectivity index (χ3v) is 4.57. The second-order valence-corrected chi connectivity index (χ2v) is 6.19. The number of halogens is 3. The molecule has 1 N–H and O–H groups in total. The van der Waals surface area contributed by atoms with Gasteiger partial charge >= 0.3 is 12.1 Å². The Labute approximate surface area is 132 Å². The van der Waals surface area contributed by atoms with E-state index in [0.29, 0.717) is 4.90 Å². The molecule has 122 valence electrons. The van der Waals surface area contributed by atoms with Crippen molar-refractivity contribution in [3.05, 3.63) is 58.9 Å². The third-order valence-electron chi connectivity index (χ3n) is 3.05. The van der Waals surface area contributed by atoms with Gasteiger partial charge in [0.25, 0.3) is 0 Å². The normalized spacial score (nSPS) is 12.9. The minimum absolute atomic E-state index is 0.112. The molecule has 1 heterocycles. The molecule has 4 nitrogen and oxygen atoms in total. The van der Waals surface area contributed by atoms with E-state index in [-0.39, 0.29) is 22.7 Å². The van der Waals surface area contributed by atoms with Crippen molar-refractivity contribution < 1.29 is 27.3 Å². The number of carbonyl (C=O) groups is 1. The molecule has 1 unspecified atom stereocenters. The number of carboxylic acids is 1. The predicted octanol–water partition coefficient (Wildman–Crippen LogP) is 3.41. The highest BCUT2D eigenvalue weighted by Gasteiger charge is 2.30. The summed E-state index contributed by atoms with van der Waals surface area (Å²) in [5, 5.41) is 8.84. The molecule has 0 saturated carbocycles. The van der Waals surface area contributed by atoms with Gasteiger partial charge in [-0.1, -0.05) is 18.2 Å². The number of aromatic carboxylic acids is 1. The van der Waals surface area contributed by atoms with Crippen LogP contribution in [0, 0.1) is 6.92 Å². The van der Waals surface area contributed by atoms with E-state index in [1.807, 2.05) is 0 Å². The van der Waals surface area contributed by atoms with Crippen LogP contribution in [0.2, 0.25) is 0 Å². The van der Waals surface area contributed by atoms with E-state index in [1.54, 1.807) is 0 Å². The first-order valence-electron chi connectivity index (χ1n) is 6.44. The van der Waals surface area contributed by atoms with Crippen LogP contribution in [0.5, 0.6) is 0 Å². The molecule has 1 atom stereocenters. The summed E-state index contributed by atoms with van der Waals surface area (Å²) in [6.45, 7) is 1.51. The molecule has 8 heteroatoms. The summed E-state index contributed by atoms with van der Waals surface area (Å²) in [6, 6.07) is 7.20. The van der Waals surface area contributed by atoms with Crippen LogP contribution in [0.4, 0.5) is 13.2 Å². The highest BCUT2D eigenvalue weighted by molar-refractivity contribution is 7.84. The fourth-order valence-corrected chi connectivity index (χ4v) is 3.21. The first-order valence-corrected chi connectivity index (χ1v) is 7.76. The summed E-state index contributed by atoms with van der Waals surface area (Å²) in [5.74, 6) is -1.32. The number of carboxylic acid groups (broad SMARTS) is 1. The Morgan fingerprint density at radius 3 is 2.52 bits per heavy atom. The second kappa shape index (κ2) is 6.49. The van der Waals surface area contributed by atoms with Crippen molar-refractivity contribution in [2.75, 3.05) is 0 Å². The highest BCUT2D eigenvalue weighted by Crippen LogP contribution is 2.30. The van der Waals surface area contributed by atoms with Crippen LogP contribution < -0.4 is 0 Å². The fourth-order valence-electron chi connectivity index (χ4n) is 1.97. The zero-order valence-electron chi connectivity index (χ0n) is 11.9. The van der Waals surface area contributed by atoms with Crippen LogP contribution in [-0.2, 0) is 22.7 Å². The van der Waals surface area contributed by atoms with E-state index in [1.165, 1.54) is 31.2 Å². The maximum atomic E-state index is 12.7. The van der Waals surface area contributed by atoms with Crippen molar-refractivity contribution in [3.8, 4) is 0 Å². The molecular weight excluding hydrogens is 331 g/mol. The first-order chi connectivity index (χ1) is 10.7. The second-order valence-electron chi connectivity index (χ2n) is 4.77. The minimum atomic E-state index is -4.46. The van der Waals surface area contributed by atoms with E-state index >= 15 is 0 Å². The lowest BCUT2D eigenvalue weighted by Gasteiger charge is -2.09. The zero-order valence-corrected chi connectivity index (χ0v) is 12.7. The number of pyridine rings is 1. The average molecular weight is 343 g/mol. The first kappa shape index (κ1) is 17.1. The number of hydrogen-bond acceptors (Lipinski definition) is 3. The van der Waals surface area contributed by atoms with Gasteiger partial charge in [0.2, 0.25) is 0 Å². The lowest BCUT2D eigenvalue weighted by atomic mass is 10.1. The van der Waals surface area contributed by atoms with Gasteiger partial charge in [0.1, 0.15) is 5.69 Å². The van der Waals surface area contributed by atoms with Crippen LogP contribution in [-0.4, -0.2) is 20.3 Å². The Balaban J connectivity index is 2.24. The van der Waals surface area contributed by atoms with Crippen LogP contribution in [0.3, 0.4) is 0 Å². The third kappa shape index (κ3) is 4.16. The number of hydrogen-bond donors (Lipinski definition) is 1. The summed E-state index contributed by atoms with van der Waals surface area (Å²) in [6.07, 6.45) is -4.46. The van der Waals surface area contributed by atoms with Gasteiger partial charge in [0.05, 0.1) is 32.7 Å². The standard InChI is InChI=1S/C15H12F3NO3S/c1-9-13(6-5-12(19-9)14(20)21)23(22)8-10-3-2-4-11(7-10)15(16,17)18/h2-7H,8H2,1H3,(H,20,21). The topological polar surface area (TPSA) is 67.3 Å². The van der Waals surface area contributed by atoms with Gasteiger partial charge in [0, 0.05) is 0 Å². The average Bonchev–Trinajstić information content (AvgIpc) is 2.46. The molecule has 0 aliphatic heterocycles. The molecule has 1 aromatic carbocycles. The van der Waals surface area contributed by atoms with Gasteiger partial charge in [-0.2, -0.15) is 13.2 Å². The fraction of sp³-hybridized carbons (Fsp3) is 0.200. The summed E-state index contributed by atoms with van der Waals surface area (Å²) in [7, 11) is -1.63. The Kier molecular flexibility index (Phi) is 4.84. The molecular formula is C15H12F3NO3S. The Hall–Kier alpha value is -2.22. The van der Waals surface area contributed by atoms with E-state index in [9.17, 15) is 22.2 Å². The number of alkyl halides is 3. The largest absolute Gasteiger partial charge is 0.477 e. The van der Waals surface area contributed by atoms with Crippen molar-refractivity contribution >= 4 is 16.8 Å². The van der Waals surface area contributed by atoms with Crippen molar-refractivity contribution in [3.63, 3.8) is 0 Å². The lowest BCUT2D eigenvalue weighted by molar-refractivity contribution is -0.137. The molecule has 0 radical (unpaired) electrons. The van der Waals surface area contributed by atoms with Gasteiger partial charge in [-0.15, -0.1) is 0 Å². The molecule has 0 aliphatic carbocycles. The molecule has 2 aromatic rings. The van der Waals surface area contributed by atoms with Gasteiger partial charge in [-0.3, -0.25) is 4.21 Å². The molecule has 23 heavy (non-hydrogen) atoms. The van der Waals surface area contributed by atoms with Crippen LogP contribution in [0.15, 0.2) is 41.3 Å². The van der Waals surface area contributed by atoms with E-state index < -0.39 is 28.5 Å². The Morgan fingerprint density at radius 1 is 1.26 bits per heavy atom. The molecule has 1 aromatic heterocycles. The number of benzene rings is 1. The van der Waals surface area contributed by atoms with Crippen molar-refractivity contribution in [1.82, 2.24) is 4.98 Å². The minimum Gasteiger partial charge on any atom is -0.477 e. The van der Waals surface area contributed by atoms with Crippen molar-refractivity contribution in [1.29, 1.82) is 0 Å². The summed E-state index contributed by atoms with van der Waals surface area (Å²) in [5.41, 5.74) is -0.430. The molecule has 0 fully saturated rings. The van der Waals surface area contributed by atoms with Crippen molar-refractivity contribution in [2.45, 2.75) is 23.7 Å². The quantitative estimate of drug-likeness (QED) is 0.924. The lowest BCUT2D eigenvalue weighted by Crippen LogP contribution is -2.07. The number of aromatic nitrogens is 1. The monoisotopic (exact) mass is 343 g/mol. The van der Waals surface area contributed by atoms with E-state index in [0.717, 1.165) is 12.1 Å². The molecule has 0 spiro atoms. The van der Waals surface area contributed by atoms with Crippen LogP contribution in [0.25, 0.3) is 0 Å². The summed E-state index contributed by atoms with van der Waals surface area (Å²) >= 11 is 0. The zero-order chi connectivity index (χ0) is 17.2. The maximum absolute atomic E-state index is 12.7. The molecule has 0 bridgehead atoms. The SMILES string of the molecule is Cc1nc(C(=O)O)ccc1S(=O)Cc1cccc(C(F)(F)F)c1. The number of rotatable bonds is 4. The van der Waals surface area contributed by atoms with Crippen LogP contribution in [0.1, 0.15) is 27.3 Å². The maximum Gasteiger partial charge on any atom is 0.416 e. The highest BCUT2D eigenvalue weighted by atomic mass is 32.2. The van der Waals surface area contributed by atoms with Gasteiger partial charge in [-0.05, 0) is 30.7 Å².